The molecule has 0 unspecified atom stereocenters. The van der Waals surface area contributed by atoms with Gasteiger partial charge in [0.25, 0.3) is 0 Å². The molecule has 26 heavy (non-hydrogen) atoms. The molecule has 1 aliphatic rings. The van der Waals surface area contributed by atoms with Gasteiger partial charge in [-0.2, -0.15) is 0 Å². The maximum Gasteiger partial charge on any atom is 0.192 e. The number of fused-ring (bicyclic) bond motifs is 2. The lowest BCUT2D eigenvalue weighted by molar-refractivity contribution is 0.210. The number of ether oxygens (including phenoxy) is 1. The van der Waals surface area contributed by atoms with Gasteiger partial charge in [-0.3, -0.25) is 0 Å². The number of hydrogen-bond acceptors (Lipinski definition) is 7. The number of aliphatic imine (C=N–C) groups is 1. The molecular formula is C19H21N5O2. The summed E-state index contributed by atoms with van der Waals surface area (Å²) in [5.74, 6) is 1.50. The first kappa shape index (κ1) is 16.5. The lowest BCUT2D eigenvalue weighted by atomic mass is 10.1. The van der Waals surface area contributed by atoms with Crippen LogP contribution < -0.4 is 5.32 Å². The maximum absolute atomic E-state index is 5.66. The largest absolute Gasteiger partial charge is 0.441 e. The molecule has 0 saturated carbocycles. The Hall–Kier alpha value is -2.93. The Kier molecular flexibility index (Phi) is 4.30. The van der Waals surface area contributed by atoms with Crippen LogP contribution in [0.3, 0.4) is 0 Å². The Morgan fingerprint density at radius 2 is 2.15 bits per heavy atom. The molecule has 7 nitrogen and oxygen atoms in total. The second-order valence-electron chi connectivity index (χ2n) is 6.35. The van der Waals surface area contributed by atoms with E-state index in [1.54, 1.807) is 7.11 Å². The Morgan fingerprint density at radius 1 is 1.27 bits per heavy atom. The fourth-order valence-corrected chi connectivity index (χ4v) is 3.04. The summed E-state index contributed by atoms with van der Waals surface area (Å²) < 4.78 is 10.8. The summed E-state index contributed by atoms with van der Waals surface area (Å²) in [6.07, 6.45) is 1.84. The van der Waals surface area contributed by atoms with Gasteiger partial charge in [0.15, 0.2) is 11.5 Å². The van der Waals surface area contributed by atoms with E-state index in [1.807, 2.05) is 49.5 Å². The number of oxazole rings is 1. The number of nitrogens with one attached hydrogen (secondary N) is 1. The zero-order valence-corrected chi connectivity index (χ0v) is 15.1. The van der Waals surface area contributed by atoms with Crippen molar-refractivity contribution in [3.8, 4) is 11.3 Å². The minimum Gasteiger partial charge on any atom is -0.441 e. The quantitative estimate of drug-likeness (QED) is 0.711. The topological polar surface area (TPSA) is 75.8 Å². The third-order valence-corrected chi connectivity index (χ3v) is 4.29. The lowest BCUT2D eigenvalue weighted by Gasteiger charge is -2.23. The van der Waals surface area contributed by atoms with Crippen LogP contribution in [0.4, 0.5) is 11.5 Å². The zero-order chi connectivity index (χ0) is 18.1. The van der Waals surface area contributed by atoms with E-state index in [4.69, 9.17) is 14.1 Å². The summed E-state index contributed by atoms with van der Waals surface area (Å²) in [6, 6.07) is 7.96. The van der Waals surface area contributed by atoms with Crippen LogP contribution in [0.5, 0.6) is 0 Å². The van der Waals surface area contributed by atoms with E-state index in [-0.39, 0.29) is 0 Å². The molecular weight excluding hydrogens is 330 g/mol. The van der Waals surface area contributed by atoms with Gasteiger partial charge in [0, 0.05) is 45.3 Å². The average molecular weight is 351 g/mol. The fourth-order valence-electron chi connectivity index (χ4n) is 3.04. The monoisotopic (exact) mass is 351 g/mol. The van der Waals surface area contributed by atoms with Crippen molar-refractivity contribution < 1.29 is 9.15 Å². The van der Waals surface area contributed by atoms with E-state index in [1.165, 1.54) is 0 Å². The second-order valence-corrected chi connectivity index (χ2v) is 6.35. The molecule has 2 aromatic heterocycles. The van der Waals surface area contributed by atoms with Gasteiger partial charge >= 0.3 is 0 Å². The molecule has 3 aromatic rings. The fraction of sp³-hybridized carbons (Fsp3) is 0.316. The van der Waals surface area contributed by atoms with E-state index in [0.29, 0.717) is 19.0 Å². The lowest BCUT2D eigenvalue weighted by Crippen LogP contribution is -2.21. The van der Waals surface area contributed by atoms with Crippen molar-refractivity contribution >= 4 is 28.9 Å². The van der Waals surface area contributed by atoms with Crippen LogP contribution in [0.1, 0.15) is 11.5 Å². The highest BCUT2D eigenvalue weighted by Gasteiger charge is 2.18. The summed E-state index contributed by atoms with van der Waals surface area (Å²) in [4.78, 5) is 15.8. The first-order chi connectivity index (χ1) is 12.6. The van der Waals surface area contributed by atoms with Crippen molar-refractivity contribution in [3.63, 3.8) is 0 Å². The number of benzene rings is 1. The molecule has 0 aliphatic carbocycles. The number of rotatable bonds is 5. The van der Waals surface area contributed by atoms with Crippen molar-refractivity contribution in [3.05, 3.63) is 35.7 Å². The van der Waals surface area contributed by atoms with E-state index in [9.17, 15) is 0 Å². The van der Waals surface area contributed by atoms with Gasteiger partial charge in [0.1, 0.15) is 11.3 Å². The van der Waals surface area contributed by atoms with Gasteiger partial charge in [-0.1, -0.05) is 6.07 Å². The van der Waals surface area contributed by atoms with Crippen molar-refractivity contribution in [1.82, 2.24) is 14.9 Å². The molecule has 7 heteroatoms. The Bertz CT molecular complexity index is 979. The summed E-state index contributed by atoms with van der Waals surface area (Å²) in [5.41, 5.74) is 5.45. The van der Waals surface area contributed by atoms with Crippen LogP contribution in [0.2, 0.25) is 0 Å². The number of methoxy groups -OCH3 is 1. The Balaban J connectivity index is 1.77. The first-order valence-corrected chi connectivity index (χ1v) is 8.53. The van der Waals surface area contributed by atoms with Gasteiger partial charge in [-0.25, -0.2) is 15.0 Å². The van der Waals surface area contributed by atoms with Gasteiger partial charge in [-0.05, 0) is 18.2 Å². The van der Waals surface area contributed by atoms with Crippen molar-refractivity contribution in [2.75, 3.05) is 32.6 Å². The second kappa shape index (κ2) is 6.76. The van der Waals surface area contributed by atoms with E-state index >= 15 is 0 Å². The molecule has 1 N–H and O–H groups in total. The highest BCUT2D eigenvalue weighted by molar-refractivity contribution is 5.82. The molecule has 0 spiro atoms. The molecule has 0 bridgehead atoms. The molecule has 0 fully saturated rings. The molecule has 3 heterocycles. The number of nitrogens with zero attached hydrogens (tertiary/aromatic N) is 4. The van der Waals surface area contributed by atoms with Crippen molar-refractivity contribution in [2.24, 2.45) is 4.99 Å². The van der Waals surface area contributed by atoms with Crippen LogP contribution in [-0.2, 0) is 11.3 Å². The molecule has 4 rings (SSSR count). The highest BCUT2D eigenvalue weighted by Crippen LogP contribution is 2.34. The molecule has 134 valence electrons. The Labute approximate surface area is 151 Å². The zero-order valence-electron chi connectivity index (χ0n) is 15.1. The summed E-state index contributed by atoms with van der Waals surface area (Å²) in [6.45, 7) is 3.91. The molecule has 0 amide bonds. The minimum atomic E-state index is 0.614. The maximum atomic E-state index is 5.66. The predicted octanol–water partition coefficient (Wildman–Crippen LogP) is 3.36. The SMILES string of the molecule is COCCNc1nc(-c2ccc3nc(C)oc3c2)cc2c1CN(C)C=N2. The Morgan fingerprint density at radius 3 is 3.00 bits per heavy atom. The summed E-state index contributed by atoms with van der Waals surface area (Å²) >= 11 is 0. The van der Waals surface area contributed by atoms with Crippen LogP contribution in [0.15, 0.2) is 33.7 Å². The molecule has 0 radical (unpaired) electrons. The van der Waals surface area contributed by atoms with Crippen LogP contribution in [0, 0.1) is 6.92 Å². The van der Waals surface area contributed by atoms with Crippen LogP contribution >= 0.6 is 0 Å². The minimum absolute atomic E-state index is 0.614. The average Bonchev–Trinajstić information content (AvgIpc) is 3.01. The van der Waals surface area contributed by atoms with E-state index < -0.39 is 0 Å². The highest BCUT2D eigenvalue weighted by atomic mass is 16.5. The van der Waals surface area contributed by atoms with E-state index in [2.05, 4.69) is 15.3 Å². The van der Waals surface area contributed by atoms with Gasteiger partial charge < -0.3 is 19.4 Å². The standard InChI is InChI=1S/C19H21N5O2/c1-12-22-15-5-4-13(8-18(15)26-12)16-9-17-14(10-24(2)11-21-17)19(23-16)20-6-7-25-3/h4-5,8-9,11H,6-7,10H2,1-3H3,(H,20,23). The predicted molar refractivity (Wildman–Crippen MR) is 102 cm³/mol. The van der Waals surface area contributed by atoms with Crippen LogP contribution in [0.25, 0.3) is 22.4 Å². The third-order valence-electron chi connectivity index (χ3n) is 4.29. The summed E-state index contributed by atoms with van der Waals surface area (Å²) in [7, 11) is 3.69. The smallest absolute Gasteiger partial charge is 0.192 e. The normalized spacial score (nSPS) is 13.3. The number of aryl methyl sites for hydroxylation is 1. The molecule has 1 aliphatic heterocycles. The van der Waals surface area contributed by atoms with Crippen LogP contribution in [-0.4, -0.2) is 48.5 Å². The molecule has 1 aromatic carbocycles. The first-order valence-electron chi connectivity index (χ1n) is 8.53. The van der Waals surface area contributed by atoms with Crippen molar-refractivity contribution in [2.45, 2.75) is 13.5 Å². The summed E-state index contributed by atoms with van der Waals surface area (Å²) in [5, 5.41) is 3.37. The number of pyridine rings is 1. The molecule has 0 atom stereocenters. The van der Waals surface area contributed by atoms with Gasteiger partial charge in [0.2, 0.25) is 0 Å². The van der Waals surface area contributed by atoms with Gasteiger partial charge in [0.05, 0.1) is 24.3 Å². The van der Waals surface area contributed by atoms with Gasteiger partial charge in [-0.15, -0.1) is 0 Å². The molecule has 0 saturated heterocycles. The number of aromatic nitrogens is 2. The number of anilines is 1. The van der Waals surface area contributed by atoms with E-state index in [0.717, 1.165) is 46.0 Å². The third kappa shape index (κ3) is 3.13. The van der Waals surface area contributed by atoms with Crippen molar-refractivity contribution in [1.29, 1.82) is 0 Å². The number of hydrogen-bond donors (Lipinski definition) is 1.